The molecule has 2 aromatic rings. The molecule has 0 aliphatic rings. The van der Waals surface area contributed by atoms with Gasteiger partial charge in [-0.15, -0.1) is 0 Å². The quantitative estimate of drug-likeness (QED) is 0.396. The van der Waals surface area contributed by atoms with Crippen LogP contribution in [0.2, 0.25) is 0 Å². The normalized spacial score (nSPS) is 12.2. The molecule has 0 radical (unpaired) electrons. The fourth-order valence-electron chi connectivity index (χ4n) is 2.59. The van der Waals surface area contributed by atoms with Crippen molar-refractivity contribution in [2.45, 2.75) is 59.1 Å². The summed E-state index contributed by atoms with van der Waals surface area (Å²) < 4.78 is 70.9. The number of aliphatic hydroxyl groups is 1. The Hall–Kier alpha value is -2.33. The molecule has 0 saturated heterocycles. The second-order valence-electron chi connectivity index (χ2n) is 7.74. The van der Waals surface area contributed by atoms with Gasteiger partial charge in [-0.2, -0.15) is 21.6 Å². The van der Waals surface area contributed by atoms with Gasteiger partial charge in [0.1, 0.15) is 0 Å². The molecule has 0 atom stereocenters. The molecule has 0 spiro atoms. The molecule has 1 N–H and O–H groups in total. The van der Waals surface area contributed by atoms with Crippen LogP contribution in [-0.2, 0) is 26.1 Å². The van der Waals surface area contributed by atoms with E-state index in [2.05, 4.69) is 4.18 Å². The van der Waals surface area contributed by atoms with Crippen LogP contribution in [0.15, 0.2) is 24.3 Å². The zero-order valence-corrected chi connectivity index (χ0v) is 19.1. The molecule has 0 aliphatic heterocycles. The topological polar surface area (TPSA) is 89.9 Å². The van der Waals surface area contributed by atoms with E-state index in [9.17, 15) is 26.4 Å². The maximum atomic E-state index is 12.8. The number of carbonyl (C=O) groups excluding carboxylic acids is 1. The van der Waals surface area contributed by atoms with E-state index in [0.29, 0.717) is 16.5 Å². The number of ether oxygens (including phenoxy) is 1. The highest BCUT2D eigenvalue weighted by Crippen LogP contribution is 2.39. The molecule has 10 heteroatoms. The highest BCUT2D eigenvalue weighted by molar-refractivity contribution is 7.88. The number of hydrogen-bond acceptors (Lipinski definition) is 6. The first-order valence-corrected chi connectivity index (χ1v) is 10.8. The molecule has 0 aromatic heterocycles. The molecule has 6 nitrogen and oxygen atoms in total. The number of rotatable bonds is 5. The van der Waals surface area contributed by atoms with E-state index >= 15 is 0 Å². The number of aryl methyl sites for hydroxylation is 1. The summed E-state index contributed by atoms with van der Waals surface area (Å²) in [5.74, 6) is -1.20. The second-order valence-corrected chi connectivity index (χ2v) is 9.28. The molecule has 0 amide bonds. The van der Waals surface area contributed by atoms with Crippen molar-refractivity contribution >= 4 is 26.9 Å². The fourth-order valence-corrected chi connectivity index (χ4v) is 3.09. The minimum atomic E-state index is -5.89. The van der Waals surface area contributed by atoms with E-state index in [1.54, 1.807) is 53.7 Å². The van der Waals surface area contributed by atoms with E-state index in [1.807, 2.05) is 0 Å². The van der Waals surface area contributed by atoms with E-state index in [1.165, 1.54) is 12.1 Å². The Balaban J connectivity index is 0.000000861. The van der Waals surface area contributed by atoms with Crippen LogP contribution in [0.1, 0.15) is 44.4 Å². The van der Waals surface area contributed by atoms with Crippen molar-refractivity contribution in [3.63, 3.8) is 0 Å². The van der Waals surface area contributed by atoms with Crippen LogP contribution in [0.25, 0.3) is 10.8 Å². The van der Waals surface area contributed by atoms with Crippen LogP contribution in [0.4, 0.5) is 13.2 Å². The van der Waals surface area contributed by atoms with Gasteiger partial charge in [0, 0.05) is 10.9 Å². The van der Waals surface area contributed by atoms with Gasteiger partial charge in [0.05, 0.1) is 18.6 Å². The molecule has 2 aromatic carbocycles. The highest BCUT2D eigenvalue weighted by Gasteiger charge is 2.49. The number of fused-ring (bicyclic) bond motifs is 1. The third kappa shape index (κ3) is 7.39. The highest BCUT2D eigenvalue weighted by atomic mass is 32.2. The summed E-state index contributed by atoms with van der Waals surface area (Å²) in [5, 5.41) is 9.22. The summed E-state index contributed by atoms with van der Waals surface area (Å²) in [6, 6.07) is 6.29. The van der Waals surface area contributed by atoms with Crippen molar-refractivity contribution in [3.05, 3.63) is 41.0 Å². The van der Waals surface area contributed by atoms with E-state index in [4.69, 9.17) is 9.84 Å². The van der Waals surface area contributed by atoms with Gasteiger partial charge in [0.15, 0.2) is 5.75 Å². The summed E-state index contributed by atoms with van der Waals surface area (Å²) in [6.45, 7) is 10.2. The second kappa shape index (κ2) is 9.86. The molecule has 174 valence electrons. The zero-order chi connectivity index (χ0) is 24.2. The summed E-state index contributed by atoms with van der Waals surface area (Å²) in [5.41, 5.74) is -4.87. The first-order valence-electron chi connectivity index (χ1n) is 9.39. The lowest BCUT2D eigenvalue weighted by Gasteiger charge is -2.19. The SMILES string of the molecule is CC(C)(C)O.CCOC(=O)Cc1c(C)c(C)c2ccccc2c1OS(=O)(=O)C(F)(F)F. The van der Waals surface area contributed by atoms with Gasteiger partial charge in [-0.05, 0) is 58.1 Å². The molecule has 0 unspecified atom stereocenters. The van der Waals surface area contributed by atoms with Crippen LogP contribution < -0.4 is 4.18 Å². The van der Waals surface area contributed by atoms with E-state index < -0.39 is 39.4 Å². The first-order chi connectivity index (χ1) is 14.0. The summed E-state index contributed by atoms with van der Waals surface area (Å²) in [6.07, 6.45) is -0.409. The zero-order valence-electron chi connectivity index (χ0n) is 18.3. The van der Waals surface area contributed by atoms with Crippen LogP contribution in [0, 0.1) is 13.8 Å². The van der Waals surface area contributed by atoms with Gasteiger partial charge in [-0.1, -0.05) is 24.3 Å². The summed E-state index contributed by atoms with van der Waals surface area (Å²) >= 11 is 0. The number of alkyl halides is 3. The van der Waals surface area contributed by atoms with Gasteiger partial charge in [0.25, 0.3) is 0 Å². The van der Waals surface area contributed by atoms with Gasteiger partial charge in [-0.3, -0.25) is 4.79 Å². The Kier molecular flexibility index (Phi) is 8.50. The predicted octanol–water partition coefficient (Wildman–Crippen LogP) is 4.57. The fraction of sp³-hybridized carbons (Fsp3) is 0.476. The molecule has 31 heavy (non-hydrogen) atoms. The Morgan fingerprint density at radius 2 is 1.52 bits per heavy atom. The third-order valence-corrected chi connectivity index (χ3v) is 4.92. The molecule has 2 rings (SSSR count). The maximum absolute atomic E-state index is 12.8. The van der Waals surface area contributed by atoms with Gasteiger partial charge < -0.3 is 14.0 Å². The van der Waals surface area contributed by atoms with Crippen molar-refractivity contribution in [2.75, 3.05) is 6.61 Å². The Morgan fingerprint density at radius 3 is 1.97 bits per heavy atom. The maximum Gasteiger partial charge on any atom is 0.534 e. The van der Waals surface area contributed by atoms with Crippen molar-refractivity contribution in [1.82, 2.24) is 0 Å². The molecule has 0 bridgehead atoms. The number of hydrogen-bond donors (Lipinski definition) is 1. The largest absolute Gasteiger partial charge is 0.534 e. The molecule has 0 saturated carbocycles. The van der Waals surface area contributed by atoms with Crippen LogP contribution >= 0.6 is 0 Å². The van der Waals surface area contributed by atoms with Crippen molar-refractivity contribution in [1.29, 1.82) is 0 Å². The van der Waals surface area contributed by atoms with Crippen molar-refractivity contribution in [2.24, 2.45) is 0 Å². The smallest absolute Gasteiger partial charge is 0.466 e. The minimum absolute atomic E-state index is 0.0486. The van der Waals surface area contributed by atoms with Crippen LogP contribution in [0.5, 0.6) is 5.75 Å². The number of halogens is 3. The Labute approximate surface area is 180 Å². The number of benzene rings is 2. The summed E-state index contributed by atoms with van der Waals surface area (Å²) in [4.78, 5) is 11.9. The lowest BCUT2D eigenvalue weighted by molar-refractivity contribution is -0.142. The minimum Gasteiger partial charge on any atom is -0.466 e. The molecule has 0 fully saturated rings. The van der Waals surface area contributed by atoms with Crippen LogP contribution in [-0.4, -0.2) is 37.2 Å². The van der Waals surface area contributed by atoms with Gasteiger partial charge >= 0.3 is 21.6 Å². The average Bonchev–Trinajstić information content (AvgIpc) is 2.60. The average molecular weight is 465 g/mol. The van der Waals surface area contributed by atoms with E-state index in [0.717, 1.165) is 0 Å². The lowest BCUT2D eigenvalue weighted by Crippen LogP contribution is -2.28. The summed E-state index contributed by atoms with van der Waals surface area (Å²) in [7, 11) is -5.89. The van der Waals surface area contributed by atoms with Crippen molar-refractivity contribution in [3.8, 4) is 5.75 Å². The monoisotopic (exact) mass is 464 g/mol. The van der Waals surface area contributed by atoms with Crippen molar-refractivity contribution < 1.29 is 40.4 Å². The van der Waals surface area contributed by atoms with E-state index in [-0.39, 0.29) is 17.6 Å². The van der Waals surface area contributed by atoms with Gasteiger partial charge in [-0.25, -0.2) is 0 Å². The molecule has 0 aliphatic carbocycles. The lowest BCUT2D eigenvalue weighted by atomic mass is 9.93. The number of carbonyl (C=O) groups is 1. The molecular formula is C21H27F3O6S. The third-order valence-electron chi connectivity index (χ3n) is 3.97. The number of esters is 1. The molecule has 0 heterocycles. The first kappa shape index (κ1) is 26.7. The molecular weight excluding hydrogens is 437 g/mol. The standard InChI is InChI=1S/C17H17F3O5S.C4H10O/c1-4-24-15(21)9-14-11(3)10(2)12-7-5-6-8-13(12)16(14)25-26(22,23)17(18,19)20;1-4(2,3)5/h5-8H,4,9H2,1-3H3;5H,1-3H3. The Morgan fingerprint density at radius 1 is 1.03 bits per heavy atom. The van der Waals surface area contributed by atoms with Gasteiger partial charge in [0.2, 0.25) is 0 Å². The Bertz CT molecular complexity index is 1030. The predicted molar refractivity (Wildman–Crippen MR) is 111 cm³/mol. The van der Waals surface area contributed by atoms with Crippen LogP contribution in [0.3, 0.4) is 0 Å².